The first-order valence-electron chi connectivity index (χ1n) is 14.7. The molecule has 0 aromatic carbocycles. The molecular formula is C29H47F3O5S. The molecule has 38 heavy (non-hydrogen) atoms. The van der Waals surface area contributed by atoms with Gasteiger partial charge in [0.25, 0.3) is 9.84 Å². The zero-order chi connectivity index (χ0) is 28.3. The van der Waals surface area contributed by atoms with Gasteiger partial charge in [0, 0.05) is 6.42 Å². The molecule has 4 fully saturated rings. The maximum absolute atomic E-state index is 12.6. The number of aliphatic hydroxyl groups excluding tert-OH is 2. The standard InChI is InChI=1S/C29H47F3O5S/c1-5-20-24-15-18(33)11-13-28(24,4)23-12-14-27(3)21(9-10-22(27)25(23)26(20)35)17(2)7-6-8-19(34)16-38(36,37)29(30,31)32/h17-18,20-26,33,35H,5-16H2,1-4H3/t17-,18-,20-,21-,22+,23+,24+,25+,26-,27-,28-/m1/s1. The lowest BCUT2D eigenvalue weighted by Crippen LogP contribution is -2.62. The summed E-state index contributed by atoms with van der Waals surface area (Å²) in [6, 6.07) is 0. The molecule has 0 radical (unpaired) electrons. The Hall–Kier alpha value is -0.670. The Balaban J connectivity index is 1.43. The second-order valence-electron chi connectivity index (χ2n) is 13.7. The van der Waals surface area contributed by atoms with Gasteiger partial charge in [0.1, 0.15) is 11.5 Å². The summed E-state index contributed by atoms with van der Waals surface area (Å²) in [4.78, 5) is 12.0. The first kappa shape index (κ1) is 30.3. The van der Waals surface area contributed by atoms with E-state index in [1.54, 1.807) is 0 Å². The first-order valence-corrected chi connectivity index (χ1v) is 16.4. The summed E-state index contributed by atoms with van der Waals surface area (Å²) in [5.41, 5.74) is -5.18. The summed E-state index contributed by atoms with van der Waals surface area (Å²) in [5.74, 6) is 0.0193. The number of carbonyl (C=O) groups excluding carboxylic acids is 1. The average molecular weight is 565 g/mol. The van der Waals surface area contributed by atoms with Crippen LogP contribution in [0.3, 0.4) is 0 Å². The Kier molecular flexibility index (Phi) is 8.47. The van der Waals surface area contributed by atoms with Crippen molar-refractivity contribution in [3.63, 3.8) is 0 Å². The molecule has 0 amide bonds. The fourth-order valence-electron chi connectivity index (χ4n) is 10.1. The second-order valence-corrected chi connectivity index (χ2v) is 15.7. The van der Waals surface area contributed by atoms with Crippen LogP contribution in [0.4, 0.5) is 13.2 Å². The summed E-state index contributed by atoms with van der Waals surface area (Å²) in [6.07, 6.45) is 8.12. The molecule has 4 rings (SSSR count). The van der Waals surface area contributed by atoms with Crippen LogP contribution in [0.2, 0.25) is 0 Å². The lowest BCUT2D eigenvalue weighted by Gasteiger charge is -2.64. The van der Waals surface area contributed by atoms with E-state index in [-0.39, 0.29) is 47.2 Å². The van der Waals surface area contributed by atoms with E-state index < -0.39 is 26.9 Å². The van der Waals surface area contributed by atoms with Crippen LogP contribution in [-0.2, 0) is 14.6 Å². The van der Waals surface area contributed by atoms with Gasteiger partial charge in [-0.1, -0.05) is 40.5 Å². The van der Waals surface area contributed by atoms with E-state index in [2.05, 4.69) is 27.7 Å². The largest absolute Gasteiger partial charge is 0.497 e. The molecule has 11 atom stereocenters. The molecule has 0 aliphatic heterocycles. The summed E-state index contributed by atoms with van der Waals surface area (Å²) in [7, 11) is -5.42. The average Bonchev–Trinajstić information content (AvgIpc) is 3.16. The van der Waals surface area contributed by atoms with Gasteiger partial charge in [-0.15, -0.1) is 0 Å². The molecule has 4 aliphatic rings. The van der Waals surface area contributed by atoms with Crippen LogP contribution in [0.25, 0.3) is 0 Å². The number of rotatable bonds is 8. The second kappa shape index (κ2) is 10.6. The van der Waals surface area contributed by atoms with E-state index in [1.165, 1.54) is 0 Å². The van der Waals surface area contributed by atoms with Gasteiger partial charge in [-0.25, -0.2) is 8.42 Å². The van der Waals surface area contributed by atoms with Crippen molar-refractivity contribution in [2.45, 2.75) is 116 Å². The molecule has 2 N–H and O–H groups in total. The molecule has 0 heterocycles. The number of ketones is 1. The van der Waals surface area contributed by atoms with E-state index in [1.807, 2.05) is 0 Å². The number of halogens is 3. The Morgan fingerprint density at radius 1 is 1.00 bits per heavy atom. The summed E-state index contributed by atoms with van der Waals surface area (Å²) in [5, 5.41) is 22.3. The minimum absolute atomic E-state index is 0.0703. The highest BCUT2D eigenvalue weighted by molar-refractivity contribution is 7.92. The monoisotopic (exact) mass is 564 g/mol. The van der Waals surface area contributed by atoms with Crippen LogP contribution in [-0.4, -0.2) is 47.9 Å². The summed E-state index contributed by atoms with van der Waals surface area (Å²) < 4.78 is 60.4. The molecule has 0 spiro atoms. The van der Waals surface area contributed by atoms with Crippen LogP contribution < -0.4 is 0 Å². The fourth-order valence-corrected chi connectivity index (χ4v) is 10.9. The fraction of sp³-hybridized carbons (Fsp3) is 0.966. The lowest BCUT2D eigenvalue weighted by molar-refractivity contribution is -0.203. The quantitative estimate of drug-likeness (QED) is 0.382. The minimum atomic E-state index is -5.42. The predicted octanol–water partition coefficient (Wildman–Crippen LogP) is 5.92. The van der Waals surface area contributed by atoms with E-state index in [0.717, 1.165) is 51.4 Å². The van der Waals surface area contributed by atoms with Crippen molar-refractivity contribution in [2.24, 2.45) is 52.3 Å². The normalized spacial score (nSPS) is 44.1. The summed E-state index contributed by atoms with van der Waals surface area (Å²) >= 11 is 0. The molecule has 4 saturated carbocycles. The van der Waals surface area contributed by atoms with Crippen LogP contribution >= 0.6 is 0 Å². The lowest BCUT2D eigenvalue weighted by atomic mass is 9.41. The van der Waals surface area contributed by atoms with Crippen LogP contribution in [0.1, 0.15) is 98.3 Å². The zero-order valence-corrected chi connectivity index (χ0v) is 24.2. The van der Waals surface area contributed by atoms with Crippen molar-refractivity contribution >= 4 is 15.6 Å². The van der Waals surface area contributed by atoms with Crippen molar-refractivity contribution in [2.75, 3.05) is 5.75 Å². The van der Waals surface area contributed by atoms with Gasteiger partial charge in [0.05, 0.1) is 12.2 Å². The molecule has 0 unspecified atom stereocenters. The molecule has 9 heteroatoms. The SMILES string of the molecule is CC[C@H]1[C@@H](O)[C@@H]2[C@H](CC[C@]3(C)[C@@H]([C@H](C)CCCC(=O)CS(=O)(=O)C(F)(F)F)CC[C@@H]23)[C@@]2(C)CC[C@@H](O)C[C@@H]12. The number of hydrogen-bond donors (Lipinski definition) is 2. The minimum Gasteiger partial charge on any atom is -0.393 e. The van der Waals surface area contributed by atoms with Gasteiger partial charge in [0.2, 0.25) is 0 Å². The van der Waals surface area contributed by atoms with Crippen LogP contribution in [0, 0.1) is 52.3 Å². The van der Waals surface area contributed by atoms with Crippen molar-refractivity contribution in [3.05, 3.63) is 0 Å². The molecule has 0 aromatic rings. The number of carbonyl (C=O) groups is 1. The van der Waals surface area contributed by atoms with Crippen molar-refractivity contribution in [3.8, 4) is 0 Å². The molecule has 4 aliphatic carbocycles. The van der Waals surface area contributed by atoms with E-state index >= 15 is 0 Å². The maximum atomic E-state index is 12.6. The third-order valence-corrected chi connectivity index (χ3v) is 13.4. The van der Waals surface area contributed by atoms with Gasteiger partial charge in [-0.2, -0.15) is 13.2 Å². The predicted molar refractivity (Wildman–Crippen MR) is 140 cm³/mol. The Morgan fingerprint density at radius 2 is 1.63 bits per heavy atom. The first-order chi connectivity index (χ1) is 17.6. The number of sulfone groups is 1. The van der Waals surface area contributed by atoms with E-state index in [9.17, 15) is 36.6 Å². The molecule has 220 valence electrons. The third kappa shape index (κ3) is 5.10. The Bertz CT molecular complexity index is 983. The number of fused-ring (bicyclic) bond motifs is 5. The highest BCUT2D eigenvalue weighted by Crippen LogP contribution is 2.69. The third-order valence-electron chi connectivity index (χ3n) is 12.0. The highest BCUT2D eigenvalue weighted by Gasteiger charge is 2.64. The van der Waals surface area contributed by atoms with Crippen LogP contribution in [0.5, 0.6) is 0 Å². The van der Waals surface area contributed by atoms with Gasteiger partial charge < -0.3 is 10.2 Å². The van der Waals surface area contributed by atoms with Gasteiger partial charge in [-0.05, 0) is 104 Å². The van der Waals surface area contributed by atoms with Crippen LogP contribution in [0.15, 0.2) is 0 Å². The summed E-state index contributed by atoms with van der Waals surface area (Å²) in [6.45, 7) is 9.12. The van der Waals surface area contributed by atoms with E-state index in [4.69, 9.17) is 0 Å². The van der Waals surface area contributed by atoms with Gasteiger partial charge in [-0.3, -0.25) is 4.79 Å². The van der Waals surface area contributed by atoms with Gasteiger partial charge in [0.15, 0.2) is 0 Å². The molecule has 0 saturated heterocycles. The Morgan fingerprint density at radius 3 is 2.26 bits per heavy atom. The Labute approximate surface area is 226 Å². The smallest absolute Gasteiger partial charge is 0.393 e. The van der Waals surface area contributed by atoms with Crippen molar-refractivity contribution in [1.29, 1.82) is 0 Å². The molecule has 0 aromatic heterocycles. The number of aliphatic hydroxyl groups is 2. The maximum Gasteiger partial charge on any atom is 0.497 e. The molecule has 0 bridgehead atoms. The number of Topliss-reactive ketones (excluding diaryl/α,β-unsaturated/α-hetero) is 1. The molecule has 5 nitrogen and oxygen atoms in total. The number of hydrogen-bond acceptors (Lipinski definition) is 5. The molecular weight excluding hydrogens is 517 g/mol. The zero-order valence-electron chi connectivity index (χ0n) is 23.3. The van der Waals surface area contributed by atoms with Crippen molar-refractivity contribution in [1.82, 2.24) is 0 Å². The van der Waals surface area contributed by atoms with Crippen molar-refractivity contribution < 1.29 is 36.6 Å². The highest BCUT2D eigenvalue weighted by atomic mass is 32.2. The van der Waals surface area contributed by atoms with Gasteiger partial charge >= 0.3 is 5.51 Å². The van der Waals surface area contributed by atoms with E-state index in [0.29, 0.717) is 36.5 Å². The number of alkyl halides is 3. The topological polar surface area (TPSA) is 91.7 Å².